The van der Waals surface area contributed by atoms with Gasteiger partial charge in [0.1, 0.15) is 0 Å². The third-order valence-corrected chi connectivity index (χ3v) is 2.89. The third kappa shape index (κ3) is 5.58. The zero-order chi connectivity index (χ0) is 10.1. The molecule has 0 saturated carbocycles. The smallest absolute Gasteiger partial charge is 0.0107 e. The average molecular weight is 199 g/mol. The minimum atomic E-state index is 0.859. The lowest BCUT2D eigenvalue weighted by atomic mass is 10.1. The lowest BCUT2D eigenvalue weighted by Gasteiger charge is -2.26. The summed E-state index contributed by atoms with van der Waals surface area (Å²) in [6, 6.07) is 0. The van der Waals surface area contributed by atoms with E-state index in [0.717, 1.165) is 6.54 Å². The summed E-state index contributed by atoms with van der Waals surface area (Å²) in [6.07, 6.45) is 6.63. The second-order valence-electron chi connectivity index (χ2n) is 4.15. The summed E-state index contributed by atoms with van der Waals surface area (Å²) in [5.74, 6) is 0. The number of piperazine rings is 1. The van der Waals surface area contributed by atoms with Crippen molar-refractivity contribution < 1.29 is 0 Å². The fraction of sp³-hybridized carbons (Fsp3) is 1.00. The van der Waals surface area contributed by atoms with Crippen LogP contribution in [0.3, 0.4) is 0 Å². The molecule has 84 valence electrons. The largest absolute Gasteiger partial charge is 0.330 e. The van der Waals surface area contributed by atoms with E-state index in [1.807, 2.05) is 0 Å². The predicted octanol–water partition coefficient (Wildman–Crippen LogP) is 0.801. The van der Waals surface area contributed by atoms with Gasteiger partial charge in [-0.2, -0.15) is 0 Å². The minimum absolute atomic E-state index is 0.859. The number of hydrogen-bond acceptors (Lipinski definition) is 3. The number of rotatable bonds is 7. The first-order valence-corrected chi connectivity index (χ1v) is 6.06. The monoisotopic (exact) mass is 199 g/mol. The quantitative estimate of drug-likeness (QED) is 0.596. The summed E-state index contributed by atoms with van der Waals surface area (Å²) in [7, 11) is 0. The van der Waals surface area contributed by atoms with Crippen molar-refractivity contribution in [2.45, 2.75) is 32.1 Å². The normalized spacial score (nSPS) is 18.6. The highest BCUT2D eigenvalue weighted by Gasteiger charge is 2.07. The maximum atomic E-state index is 5.44. The lowest BCUT2D eigenvalue weighted by Crippen LogP contribution is -2.43. The molecule has 0 aliphatic carbocycles. The van der Waals surface area contributed by atoms with Gasteiger partial charge in [-0.25, -0.2) is 0 Å². The molecule has 3 N–H and O–H groups in total. The van der Waals surface area contributed by atoms with E-state index in [0.29, 0.717) is 0 Å². The fourth-order valence-corrected chi connectivity index (χ4v) is 1.94. The first-order chi connectivity index (χ1) is 6.93. The van der Waals surface area contributed by atoms with Crippen LogP contribution >= 0.6 is 0 Å². The van der Waals surface area contributed by atoms with E-state index in [1.165, 1.54) is 64.8 Å². The third-order valence-electron chi connectivity index (χ3n) is 2.89. The number of nitrogens with one attached hydrogen (secondary N) is 1. The number of hydrogen-bond donors (Lipinski definition) is 2. The Morgan fingerprint density at radius 2 is 1.57 bits per heavy atom. The second kappa shape index (κ2) is 8.21. The van der Waals surface area contributed by atoms with E-state index in [9.17, 15) is 0 Å². The molecule has 0 aromatic heterocycles. The van der Waals surface area contributed by atoms with Crippen LogP contribution in [0.2, 0.25) is 0 Å². The van der Waals surface area contributed by atoms with Crippen LogP contribution in [-0.4, -0.2) is 44.2 Å². The van der Waals surface area contributed by atoms with Gasteiger partial charge in [0.05, 0.1) is 0 Å². The summed E-state index contributed by atoms with van der Waals surface area (Å²) < 4.78 is 0. The SMILES string of the molecule is NCCCCCCCN1CCNCC1. The molecular formula is C11H25N3. The predicted molar refractivity (Wildman–Crippen MR) is 61.4 cm³/mol. The molecule has 1 rings (SSSR count). The molecule has 1 aliphatic rings. The summed E-state index contributed by atoms with van der Waals surface area (Å²) in [6.45, 7) is 6.98. The van der Waals surface area contributed by atoms with Crippen molar-refractivity contribution in [2.75, 3.05) is 39.3 Å². The molecule has 3 nitrogen and oxygen atoms in total. The topological polar surface area (TPSA) is 41.3 Å². The Balaban J connectivity index is 1.82. The van der Waals surface area contributed by atoms with Crippen molar-refractivity contribution >= 4 is 0 Å². The van der Waals surface area contributed by atoms with Gasteiger partial charge in [-0.05, 0) is 25.9 Å². The van der Waals surface area contributed by atoms with E-state index in [1.54, 1.807) is 0 Å². The van der Waals surface area contributed by atoms with Gasteiger partial charge in [0.15, 0.2) is 0 Å². The first-order valence-electron chi connectivity index (χ1n) is 6.06. The lowest BCUT2D eigenvalue weighted by molar-refractivity contribution is 0.236. The van der Waals surface area contributed by atoms with Crippen LogP contribution in [0.1, 0.15) is 32.1 Å². The van der Waals surface area contributed by atoms with Gasteiger partial charge in [0, 0.05) is 26.2 Å². The van der Waals surface area contributed by atoms with Gasteiger partial charge in [-0.1, -0.05) is 19.3 Å². The van der Waals surface area contributed by atoms with E-state index in [4.69, 9.17) is 5.73 Å². The number of nitrogens with two attached hydrogens (primary N) is 1. The zero-order valence-electron chi connectivity index (χ0n) is 9.30. The molecule has 0 aromatic carbocycles. The molecule has 0 radical (unpaired) electrons. The molecule has 1 aliphatic heterocycles. The molecule has 0 atom stereocenters. The first kappa shape index (κ1) is 12.0. The number of unbranched alkanes of at least 4 members (excludes halogenated alkanes) is 4. The van der Waals surface area contributed by atoms with Gasteiger partial charge >= 0.3 is 0 Å². The zero-order valence-corrected chi connectivity index (χ0v) is 9.30. The molecule has 0 spiro atoms. The van der Waals surface area contributed by atoms with Gasteiger partial charge in [0.2, 0.25) is 0 Å². The van der Waals surface area contributed by atoms with Crippen molar-refractivity contribution in [3.05, 3.63) is 0 Å². The highest BCUT2D eigenvalue weighted by Crippen LogP contribution is 2.04. The molecular weight excluding hydrogens is 174 g/mol. The summed E-state index contributed by atoms with van der Waals surface area (Å²) >= 11 is 0. The summed E-state index contributed by atoms with van der Waals surface area (Å²) in [5, 5.41) is 3.38. The maximum absolute atomic E-state index is 5.44. The van der Waals surface area contributed by atoms with Crippen LogP contribution in [-0.2, 0) is 0 Å². The van der Waals surface area contributed by atoms with Gasteiger partial charge < -0.3 is 16.0 Å². The standard InChI is InChI=1S/C11H25N3/c12-6-4-2-1-3-5-9-14-10-7-13-8-11-14/h13H,1-12H2. The van der Waals surface area contributed by atoms with Crippen molar-refractivity contribution in [1.29, 1.82) is 0 Å². The molecule has 3 heteroatoms. The Morgan fingerprint density at radius 1 is 0.929 bits per heavy atom. The van der Waals surface area contributed by atoms with E-state index < -0.39 is 0 Å². The molecule has 1 heterocycles. The van der Waals surface area contributed by atoms with Gasteiger partial charge in [-0.3, -0.25) is 0 Å². The Hall–Kier alpha value is -0.120. The fourth-order valence-electron chi connectivity index (χ4n) is 1.94. The Labute approximate surface area is 88.0 Å². The Morgan fingerprint density at radius 3 is 2.29 bits per heavy atom. The molecule has 0 bridgehead atoms. The molecule has 0 unspecified atom stereocenters. The molecule has 0 aromatic rings. The van der Waals surface area contributed by atoms with E-state index >= 15 is 0 Å². The second-order valence-corrected chi connectivity index (χ2v) is 4.15. The van der Waals surface area contributed by atoms with Crippen molar-refractivity contribution in [1.82, 2.24) is 10.2 Å². The Kier molecular flexibility index (Phi) is 7.01. The van der Waals surface area contributed by atoms with Crippen LogP contribution in [0.5, 0.6) is 0 Å². The maximum Gasteiger partial charge on any atom is 0.0107 e. The van der Waals surface area contributed by atoms with Crippen molar-refractivity contribution in [2.24, 2.45) is 5.73 Å². The summed E-state index contributed by atoms with van der Waals surface area (Å²) in [5.41, 5.74) is 5.44. The van der Waals surface area contributed by atoms with Crippen LogP contribution in [0, 0.1) is 0 Å². The highest BCUT2D eigenvalue weighted by atomic mass is 15.2. The van der Waals surface area contributed by atoms with E-state index in [2.05, 4.69) is 10.2 Å². The van der Waals surface area contributed by atoms with Crippen LogP contribution in [0.25, 0.3) is 0 Å². The van der Waals surface area contributed by atoms with Crippen molar-refractivity contribution in [3.8, 4) is 0 Å². The van der Waals surface area contributed by atoms with Crippen LogP contribution in [0.15, 0.2) is 0 Å². The van der Waals surface area contributed by atoms with Crippen LogP contribution in [0.4, 0.5) is 0 Å². The average Bonchev–Trinajstić information content (AvgIpc) is 2.25. The number of nitrogens with zero attached hydrogens (tertiary/aromatic N) is 1. The van der Waals surface area contributed by atoms with Gasteiger partial charge in [-0.15, -0.1) is 0 Å². The molecule has 1 saturated heterocycles. The highest BCUT2D eigenvalue weighted by molar-refractivity contribution is 4.67. The minimum Gasteiger partial charge on any atom is -0.330 e. The van der Waals surface area contributed by atoms with Crippen molar-refractivity contribution in [3.63, 3.8) is 0 Å². The summed E-state index contributed by atoms with van der Waals surface area (Å²) in [4.78, 5) is 2.57. The molecule has 14 heavy (non-hydrogen) atoms. The van der Waals surface area contributed by atoms with Gasteiger partial charge in [0.25, 0.3) is 0 Å². The van der Waals surface area contributed by atoms with E-state index in [-0.39, 0.29) is 0 Å². The molecule has 0 amide bonds. The van der Waals surface area contributed by atoms with Crippen LogP contribution < -0.4 is 11.1 Å². The Bertz CT molecular complexity index is 122. The molecule has 1 fully saturated rings.